The van der Waals surface area contributed by atoms with Crippen molar-refractivity contribution < 1.29 is 22.8 Å². The zero-order valence-electron chi connectivity index (χ0n) is 14.0. The maximum absolute atomic E-state index is 12.8. The Bertz CT molecular complexity index is 692. The number of amides is 2. The first kappa shape index (κ1) is 17.7. The number of halogens is 3. The van der Waals surface area contributed by atoms with E-state index in [1.807, 2.05) is 11.8 Å². The lowest BCUT2D eigenvalue weighted by Gasteiger charge is -2.23. The van der Waals surface area contributed by atoms with Crippen LogP contribution < -0.4 is 0 Å². The lowest BCUT2D eigenvalue weighted by atomic mass is 9.85. The van der Waals surface area contributed by atoms with Gasteiger partial charge >= 0.3 is 6.18 Å². The van der Waals surface area contributed by atoms with Crippen molar-refractivity contribution in [3.63, 3.8) is 0 Å². The quantitative estimate of drug-likeness (QED) is 0.837. The molecule has 2 fully saturated rings. The van der Waals surface area contributed by atoms with Gasteiger partial charge in [-0.05, 0) is 25.3 Å². The van der Waals surface area contributed by atoms with Gasteiger partial charge in [-0.2, -0.15) is 13.2 Å². The average molecular weight is 355 g/mol. The highest BCUT2D eigenvalue weighted by molar-refractivity contribution is 5.95. The van der Waals surface area contributed by atoms with E-state index in [0.717, 1.165) is 18.7 Å². The monoisotopic (exact) mass is 355 g/mol. The van der Waals surface area contributed by atoms with Crippen LogP contribution >= 0.6 is 0 Å². The lowest BCUT2D eigenvalue weighted by molar-refractivity contribution is -0.138. The predicted octanol–water partition coefficient (Wildman–Crippen LogP) is 2.58. The van der Waals surface area contributed by atoms with Gasteiger partial charge in [-0.25, -0.2) is 0 Å². The van der Waals surface area contributed by atoms with Crippen molar-refractivity contribution in [1.29, 1.82) is 0 Å². The van der Waals surface area contributed by atoms with Gasteiger partial charge in [0.25, 0.3) is 5.91 Å². The SMILES string of the molecule is CCCN1CCC2(CCN(C(=O)c3cncc(C(F)(F)F)c3)C2)C1=O. The van der Waals surface area contributed by atoms with Crippen LogP contribution in [0.15, 0.2) is 18.5 Å². The summed E-state index contributed by atoms with van der Waals surface area (Å²) in [6, 6.07) is 0.820. The maximum atomic E-state index is 12.8. The van der Waals surface area contributed by atoms with Crippen molar-refractivity contribution >= 4 is 11.8 Å². The Hall–Kier alpha value is -2.12. The van der Waals surface area contributed by atoms with Crippen molar-refractivity contribution in [2.75, 3.05) is 26.2 Å². The number of pyridine rings is 1. The van der Waals surface area contributed by atoms with Crippen LogP contribution in [0.5, 0.6) is 0 Å². The van der Waals surface area contributed by atoms with E-state index in [0.29, 0.717) is 38.7 Å². The molecule has 2 aliphatic rings. The molecule has 3 rings (SSSR count). The first-order valence-corrected chi connectivity index (χ1v) is 8.38. The zero-order valence-corrected chi connectivity index (χ0v) is 14.0. The van der Waals surface area contributed by atoms with Crippen LogP contribution in [0, 0.1) is 5.41 Å². The molecule has 3 heterocycles. The summed E-state index contributed by atoms with van der Waals surface area (Å²) < 4.78 is 38.4. The number of alkyl halides is 3. The molecular formula is C17H20F3N3O2. The summed E-state index contributed by atoms with van der Waals surface area (Å²) in [5.74, 6) is -0.441. The number of carbonyl (C=O) groups excluding carboxylic acids is 2. The summed E-state index contributed by atoms with van der Waals surface area (Å²) in [6.07, 6.45) is -0.577. The molecule has 0 bridgehead atoms. The minimum Gasteiger partial charge on any atom is -0.342 e. The second kappa shape index (κ2) is 6.31. The van der Waals surface area contributed by atoms with Gasteiger partial charge < -0.3 is 9.80 Å². The Kier molecular flexibility index (Phi) is 4.47. The van der Waals surface area contributed by atoms with E-state index in [4.69, 9.17) is 0 Å². The minimum absolute atomic E-state index is 0.0619. The largest absolute Gasteiger partial charge is 0.417 e. The van der Waals surface area contributed by atoms with Crippen molar-refractivity contribution in [1.82, 2.24) is 14.8 Å². The molecule has 1 aromatic heterocycles. The highest BCUT2D eigenvalue weighted by Gasteiger charge is 2.51. The van der Waals surface area contributed by atoms with E-state index in [1.165, 1.54) is 4.90 Å². The first-order valence-electron chi connectivity index (χ1n) is 8.38. The van der Waals surface area contributed by atoms with Crippen LogP contribution in [0.4, 0.5) is 13.2 Å². The molecular weight excluding hydrogens is 335 g/mol. The lowest BCUT2D eigenvalue weighted by Crippen LogP contribution is -2.38. The molecule has 1 spiro atoms. The average Bonchev–Trinajstić information content (AvgIpc) is 3.14. The smallest absolute Gasteiger partial charge is 0.342 e. The summed E-state index contributed by atoms with van der Waals surface area (Å²) in [5.41, 5.74) is -1.61. The number of hydrogen-bond donors (Lipinski definition) is 0. The van der Waals surface area contributed by atoms with Gasteiger partial charge in [0.15, 0.2) is 0 Å². The second-order valence-electron chi connectivity index (χ2n) is 6.76. The van der Waals surface area contributed by atoms with Crippen molar-refractivity contribution in [3.05, 3.63) is 29.6 Å². The van der Waals surface area contributed by atoms with Gasteiger partial charge in [0.1, 0.15) is 0 Å². The van der Waals surface area contributed by atoms with Crippen LogP contribution in [0.3, 0.4) is 0 Å². The first-order chi connectivity index (χ1) is 11.8. The Labute approximate surface area is 143 Å². The molecule has 8 heteroatoms. The Morgan fingerprint density at radius 1 is 1.28 bits per heavy atom. The summed E-state index contributed by atoms with van der Waals surface area (Å²) in [4.78, 5) is 32.0. The molecule has 136 valence electrons. The maximum Gasteiger partial charge on any atom is 0.417 e. The summed E-state index contributed by atoms with van der Waals surface area (Å²) >= 11 is 0. The summed E-state index contributed by atoms with van der Waals surface area (Å²) in [5, 5.41) is 0. The number of nitrogens with zero attached hydrogens (tertiary/aromatic N) is 3. The highest BCUT2D eigenvalue weighted by Crippen LogP contribution is 2.41. The van der Waals surface area contributed by atoms with E-state index in [2.05, 4.69) is 4.98 Å². The van der Waals surface area contributed by atoms with Crippen LogP contribution in [-0.4, -0.2) is 52.8 Å². The molecule has 2 aliphatic heterocycles. The fourth-order valence-electron chi connectivity index (χ4n) is 3.70. The van der Waals surface area contributed by atoms with Gasteiger partial charge in [0, 0.05) is 38.6 Å². The molecule has 1 atom stereocenters. The summed E-state index contributed by atoms with van der Waals surface area (Å²) in [7, 11) is 0. The molecule has 0 aliphatic carbocycles. The molecule has 5 nitrogen and oxygen atoms in total. The molecule has 2 amide bonds. The number of hydrogen-bond acceptors (Lipinski definition) is 3. The van der Waals surface area contributed by atoms with E-state index in [1.54, 1.807) is 0 Å². The molecule has 0 aromatic carbocycles. The van der Waals surface area contributed by atoms with Gasteiger partial charge in [0.2, 0.25) is 5.91 Å². The van der Waals surface area contributed by atoms with E-state index in [-0.39, 0.29) is 18.0 Å². The third-order valence-electron chi connectivity index (χ3n) is 5.05. The third kappa shape index (κ3) is 3.21. The number of aromatic nitrogens is 1. The molecule has 2 saturated heterocycles. The standard InChI is InChI=1S/C17H20F3N3O2/c1-2-5-22-6-3-16(15(22)25)4-7-23(11-16)14(24)12-8-13(10-21-9-12)17(18,19)20/h8-10H,2-7,11H2,1H3. The molecule has 1 aromatic rings. The molecule has 0 N–H and O–H groups in total. The normalized spacial score (nSPS) is 23.8. The van der Waals surface area contributed by atoms with Gasteiger partial charge in [-0.15, -0.1) is 0 Å². The molecule has 25 heavy (non-hydrogen) atoms. The van der Waals surface area contributed by atoms with E-state index >= 15 is 0 Å². The minimum atomic E-state index is -4.54. The number of carbonyl (C=O) groups is 2. The van der Waals surface area contributed by atoms with Crippen LogP contribution in [0.2, 0.25) is 0 Å². The van der Waals surface area contributed by atoms with Gasteiger partial charge in [-0.1, -0.05) is 6.92 Å². The van der Waals surface area contributed by atoms with Crippen molar-refractivity contribution in [2.24, 2.45) is 5.41 Å². The van der Waals surface area contributed by atoms with Gasteiger partial charge in [0.05, 0.1) is 16.5 Å². The molecule has 0 saturated carbocycles. The van der Waals surface area contributed by atoms with Gasteiger partial charge in [-0.3, -0.25) is 14.6 Å². The Morgan fingerprint density at radius 2 is 2.00 bits per heavy atom. The fourth-order valence-corrected chi connectivity index (χ4v) is 3.70. The second-order valence-corrected chi connectivity index (χ2v) is 6.76. The van der Waals surface area contributed by atoms with E-state index < -0.39 is 23.1 Å². The van der Waals surface area contributed by atoms with Crippen molar-refractivity contribution in [2.45, 2.75) is 32.4 Å². The highest BCUT2D eigenvalue weighted by atomic mass is 19.4. The topological polar surface area (TPSA) is 53.5 Å². The van der Waals surface area contributed by atoms with Crippen molar-refractivity contribution in [3.8, 4) is 0 Å². The number of likely N-dealkylation sites (tertiary alicyclic amines) is 2. The molecule has 0 radical (unpaired) electrons. The predicted molar refractivity (Wildman–Crippen MR) is 83.7 cm³/mol. The van der Waals surface area contributed by atoms with E-state index in [9.17, 15) is 22.8 Å². The number of rotatable bonds is 3. The zero-order chi connectivity index (χ0) is 18.2. The fraction of sp³-hybridized carbons (Fsp3) is 0.588. The molecule has 1 unspecified atom stereocenters. The van der Waals surface area contributed by atoms with Crippen LogP contribution in [0.25, 0.3) is 0 Å². The Morgan fingerprint density at radius 3 is 2.68 bits per heavy atom. The van der Waals surface area contributed by atoms with Crippen LogP contribution in [-0.2, 0) is 11.0 Å². The Balaban J connectivity index is 1.75. The van der Waals surface area contributed by atoms with Crippen LogP contribution in [0.1, 0.15) is 42.1 Å². The summed E-state index contributed by atoms with van der Waals surface area (Å²) in [6.45, 7) is 4.02. The third-order valence-corrected chi connectivity index (χ3v) is 5.05.